The standard InChI is InChI=1S/C26H27NO3/c1-30-26(29)25(22-15-9-4-10-16-22)27-23(18-17-20-11-5-2-6-12-20)24(28)19-21-13-7-3-8-14-21/h2-18,23-25,27-28H,19H2,1H3/b18-17+/t23-,24+,25-/m1/s1. The lowest BCUT2D eigenvalue weighted by Gasteiger charge is -2.26. The monoisotopic (exact) mass is 401 g/mol. The summed E-state index contributed by atoms with van der Waals surface area (Å²) in [6.07, 6.45) is 3.58. The molecule has 3 aromatic carbocycles. The Kier molecular flexibility index (Phi) is 7.95. The zero-order valence-electron chi connectivity index (χ0n) is 17.0. The van der Waals surface area contributed by atoms with Gasteiger partial charge in [0.15, 0.2) is 0 Å². The molecule has 4 nitrogen and oxygen atoms in total. The third kappa shape index (κ3) is 6.14. The highest BCUT2D eigenvalue weighted by Crippen LogP contribution is 2.18. The Balaban J connectivity index is 1.86. The second kappa shape index (κ2) is 11.1. The molecule has 3 rings (SSSR count). The molecular weight excluding hydrogens is 374 g/mol. The van der Waals surface area contributed by atoms with Crippen LogP contribution in [0.5, 0.6) is 0 Å². The number of benzene rings is 3. The van der Waals surface area contributed by atoms with E-state index in [1.807, 2.05) is 103 Å². The van der Waals surface area contributed by atoms with Crippen LogP contribution in [0, 0.1) is 0 Å². The molecule has 0 unspecified atom stereocenters. The molecule has 0 saturated heterocycles. The fraction of sp³-hybridized carbons (Fsp3) is 0.192. The molecule has 0 spiro atoms. The van der Waals surface area contributed by atoms with Gasteiger partial charge in [-0.3, -0.25) is 5.32 Å². The van der Waals surface area contributed by atoms with Crippen LogP contribution in [-0.2, 0) is 16.0 Å². The molecule has 30 heavy (non-hydrogen) atoms. The van der Waals surface area contributed by atoms with Crippen LogP contribution in [0.15, 0.2) is 97.1 Å². The van der Waals surface area contributed by atoms with Gasteiger partial charge < -0.3 is 9.84 Å². The molecule has 0 aliphatic rings. The largest absolute Gasteiger partial charge is 0.468 e. The van der Waals surface area contributed by atoms with Gasteiger partial charge >= 0.3 is 5.97 Å². The van der Waals surface area contributed by atoms with Gasteiger partial charge in [-0.05, 0) is 16.7 Å². The van der Waals surface area contributed by atoms with E-state index in [9.17, 15) is 9.90 Å². The molecule has 0 radical (unpaired) electrons. The van der Waals surface area contributed by atoms with Crippen molar-refractivity contribution in [1.29, 1.82) is 0 Å². The van der Waals surface area contributed by atoms with Gasteiger partial charge in [0.25, 0.3) is 0 Å². The van der Waals surface area contributed by atoms with E-state index in [2.05, 4.69) is 5.32 Å². The van der Waals surface area contributed by atoms with Crippen LogP contribution in [0.4, 0.5) is 0 Å². The zero-order chi connectivity index (χ0) is 21.2. The Hall–Kier alpha value is -3.21. The number of ether oxygens (including phenoxy) is 1. The minimum absolute atomic E-state index is 0.397. The number of aliphatic hydroxyl groups excluding tert-OH is 1. The number of hydrogen-bond acceptors (Lipinski definition) is 4. The van der Waals surface area contributed by atoms with Gasteiger partial charge in [-0.2, -0.15) is 0 Å². The van der Waals surface area contributed by atoms with E-state index in [1.54, 1.807) is 0 Å². The van der Waals surface area contributed by atoms with E-state index in [4.69, 9.17) is 4.74 Å². The fourth-order valence-electron chi connectivity index (χ4n) is 3.31. The Bertz CT molecular complexity index is 926. The number of carbonyl (C=O) groups is 1. The summed E-state index contributed by atoms with van der Waals surface area (Å²) in [5.74, 6) is -0.397. The van der Waals surface area contributed by atoms with Crippen LogP contribution in [0.2, 0.25) is 0 Å². The molecule has 0 aliphatic carbocycles. The molecule has 2 N–H and O–H groups in total. The lowest BCUT2D eigenvalue weighted by atomic mass is 9.98. The minimum atomic E-state index is -0.733. The summed E-state index contributed by atoms with van der Waals surface area (Å²) in [7, 11) is 1.37. The molecule has 0 amide bonds. The van der Waals surface area contributed by atoms with Crippen molar-refractivity contribution in [3.63, 3.8) is 0 Å². The Morgan fingerprint density at radius 1 is 0.933 bits per heavy atom. The molecule has 0 heterocycles. The molecule has 0 fully saturated rings. The van der Waals surface area contributed by atoms with Crippen LogP contribution in [-0.4, -0.2) is 30.3 Å². The first kappa shape index (κ1) is 21.5. The van der Waals surface area contributed by atoms with E-state index in [-0.39, 0.29) is 0 Å². The summed E-state index contributed by atoms with van der Waals surface area (Å²) in [5.41, 5.74) is 2.83. The number of esters is 1. The topological polar surface area (TPSA) is 58.6 Å². The summed E-state index contributed by atoms with van der Waals surface area (Å²) in [5, 5.41) is 14.3. The molecule has 0 saturated carbocycles. The van der Waals surface area contributed by atoms with E-state index >= 15 is 0 Å². The molecule has 0 bridgehead atoms. The summed E-state index contributed by atoms with van der Waals surface area (Å²) in [6, 6.07) is 27.9. The fourth-order valence-corrected chi connectivity index (χ4v) is 3.31. The van der Waals surface area contributed by atoms with Crippen molar-refractivity contribution in [3.8, 4) is 0 Å². The van der Waals surface area contributed by atoms with Crippen molar-refractivity contribution < 1.29 is 14.6 Å². The highest BCUT2D eigenvalue weighted by Gasteiger charge is 2.27. The van der Waals surface area contributed by atoms with Crippen LogP contribution >= 0.6 is 0 Å². The quantitative estimate of drug-likeness (QED) is 0.528. The summed E-state index contributed by atoms with van der Waals surface area (Å²) in [4.78, 5) is 12.5. The number of carbonyl (C=O) groups excluding carboxylic acids is 1. The average molecular weight is 402 g/mol. The third-order valence-electron chi connectivity index (χ3n) is 4.93. The maximum Gasteiger partial charge on any atom is 0.327 e. The maximum absolute atomic E-state index is 12.5. The van der Waals surface area contributed by atoms with Crippen molar-refractivity contribution in [2.24, 2.45) is 0 Å². The minimum Gasteiger partial charge on any atom is -0.468 e. The van der Waals surface area contributed by atoms with Gasteiger partial charge in [0.2, 0.25) is 0 Å². The van der Waals surface area contributed by atoms with E-state index in [0.717, 1.165) is 16.7 Å². The molecule has 0 aliphatic heterocycles. The molecular formula is C26H27NO3. The first-order valence-electron chi connectivity index (χ1n) is 10.0. The number of hydrogen-bond donors (Lipinski definition) is 2. The van der Waals surface area contributed by atoms with Crippen LogP contribution in [0.1, 0.15) is 22.7 Å². The van der Waals surface area contributed by atoms with Gasteiger partial charge in [-0.25, -0.2) is 4.79 Å². The van der Waals surface area contributed by atoms with Gasteiger partial charge in [0.1, 0.15) is 6.04 Å². The molecule has 3 atom stereocenters. The number of nitrogens with one attached hydrogen (secondary N) is 1. The third-order valence-corrected chi connectivity index (χ3v) is 4.93. The number of rotatable bonds is 9. The van der Waals surface area contributed by atoms with Gasteiger partial charge in [0.05, 0.1) is 19.3 Å². The Morgan fingerprint density at radius 2 is 1.50 bits per heavy atom. The highest BCUT2D eigenvalue weighted by atomic mass is 16.5. The first-order valence-corrected chi connectivity index (χ1v) is 10.0. The lowest BCUT2D eigenvalue weighted by molar-refractivity contribution is -0.143. The van der Waals surface area contributed by atoms with Crippen molar-refractivity contribution in [2.75, 3.05) is 7.11 Å². The molecule has 4 heteroatoms. The summed E-state index contributed by atoms with van der Waals surface area (Å²) < 4.78 is 5.02. The van der Waals surface area contributed by atoms with Gasteiger partial charge in [-0.1, -0.05) is 103 Å². The van der Waals surface area contributed by atoms with Crippen molar-refractivity contribution in [1.82, 2.24) is 5.32 Å². The van der Waals surface area contributed by atoms with Crippen molar-refractivity contribution in [2.45, 2.75) is 24.6 Å². The van der Waals surface area contributed by atoms with E-state index in [0.29, 0.717) is 6.42 Å². The van der Waals surface area contributed by atoms with Gasteiger partial charge in [0, 0.05) is 6.42 Å². The van der Waals surface area contributed by atoms with E-state index in [1.165, 1.54) is 7.11 Å². The SMILES string of the molecule is COC(=O)[C@H](N[C@H](/C=C/c1ccccc1)[C@@H](O)Cc1ccccc1)c1ccccc1. The first-order chi connectivity index (χ1) is 14.7. The molecule has 3 aromatic rings. The smallest absolute Gasteiger partial charge is 0.327 e. The summed E-state index contributed by atoms with van der Waals surface area (Å²) >= 11 is 0. The number of methoxy groups -OCH3 is 1. The predicted molar refractivity (Wildman–Crippen MR) is 120 cm³/mol. The normalized spacial score (nSPS) is 14.2. The lowest BCUT2D eigenvalue weighted by Crippen LogP contribution is -2.44. The average Bonchev–Trinajstić information content (AvgIpc) is 2.80. The van der Waals surface area contributed by atoms with Gasteiger partial charge in [-0.15, -0.1) is 0 Å². The Morgan fingerprint density at radius 3 is 2.10 bits per heavy atom. The Labute approximate surface area is 177 Å². The second-order valence-electron chi connectivity index (χ2n) is 7.09. The van der Waals surface area contributed by atoms with Crippen LogP contribution in [0.25, 0.3) is 6.08 Å². The second-order valence-corrected chi connectivity index (χ2v) is 7.09. The van der Waals surface area contributed by atoms with Crippen LogP contribution < -0.4 is 5.32 Å². The zero-order valence-corrected chi connectivity index (χ0v) is 17.0. The van der Waals surface area contributed by atoms with Crippen LogP contribution in [0.3, 0.4) is 0 Å². The maximum atomic E-state index is 12.5. The molecule has 0 aromatic heterocycles. The highest BCUT2D eigenvalue weighted by molar-refractivity contribution is 5.77. The summed E-state index contributed by atoms with van der Waals surface area (Å²) in [6.45, 7) is 0. The molecule has 154 valence electrons. The van der Waals surface area contributed by atoms with E-state index < -0.39 is 24.2 Å². The number of aliphatic hydroxyl groups is 1. The predicted octanol–water partition coefficient (Wildman–Crippen LogP) is 4.18. The van der Waals surface area contributed by atoms with Crippen molar-refractivity contribution >= 4 is 12.0 Å². The van der Waals surface area contributed by atoms with Crippen molar-refractivity contribution in [3.05, 3.63) is 114 Å².